The summed E-state index contributed by atoms with van der Waals surface area (Å²) >= 11 is 0. The average molecular weight is 235 g/mol. The number of nitrogens with one attached hydrogen (secondary N) is 1. The molecule has 2 N–H and O–H groups in total. The molecule has 2 atom stereocenters. The monoisotopic (exact) mass is 235 g/mol. The zero-order chi connectivity index (χ0) is 12.8. The standard InChI is InChI=1S/C15H25NO/c1-5-12-7-9-13(10-8-12)15(17)14(6-2)16-11(3)4/h7-11,14-17H,5-6H2,1-4H3. The summed E-state index contributed by atoms with van der Waals surface area (Å²) in [7, 11) is 0. The summed E-state index contributed by atoms with van der Waals surface area (Å²) in [6.07, 6.45) is 1.54. The molecule has 0 radical (unpaired) electrons. The molecule has 1 aromatic rings. The molecule has 0 aliphatic carbocycles. The number of hydrogen-bond acceptors (Lipinski definition) is 2. The minimum Gasteiger partial charge on any atom is -0.387 e. The second kappa shape index (κ2) is 6.77. The number of hydrogen-bond donors (Lipinski definition) is 2. The maximum absolute atomic E-state index is 10.3. The highest BCUT2D eigenvalue weighted by Gasteiger charge is 2.19. The number of rotatable bonds is 6. The van der Waals surface area contributed by atoms with E-state index in [1.54, 1.807) is 0 Å². The molecule has 0 amide bonds. The first kappa shape index (κ1) is 14.2. The number of aliphatic hydroxyl groups excluding tert-OH is 1. The lowest BCUT2D eigenvalue weighted by atomic mass is 9.98. The Labute approximate surface area is 105 Å². The fraction of sp³-hybridized carbons (Fsp3) is 0.600. The van der Waals surface area contributed by atoms with Crippen molar-refractivity contribution in [3.05, 3.63) is 35.4 Å². The van der Waals surface area contributed by atoms with Crippen LogP contribution in [0.4, 0.5) is 0 Å². The normalized spacial score (nSPS) is 14.9. The summed E-state index contributed by atoms with van der Waals surface area (Å²) in [6.45, 7) is 8.45. The van der Waals surface area contributed by atoms with E-state index < -0.39 is 6.10 Å². The Kier molecular flexibility index (Phi) is 5.66. The zero-order valence-electron chi connectivity index (χ0n) is 11.4. The molecule has 0 spiro atoms. The van der Waals surface area contributed by atoms with Gasteiger partial charge in [0.1, 0.15) is 0 Å². The molecule has 96 valence electrons. The second-order valence-electron chi connectivity index (χ2n) is 4.88. The van der Waals surface area contributed by atoms with E-state index in [1.165, 1.54) is 5.56 Å². The minimum atomic E-state index is -0.423. The van der Waals surface area contributed by atoms with Gasteiger partial charge in [-0.25, -0.2) is 0 Å². The lowest BCUT2D eigenvalue weighted by Crippen LogP contribution is -2.38. The van der Waals surface area contributed by atoms with Crippen molar-refractivity contribution in [1.82, 2.24) is 5.32 Å². The maximum Gasteiger partial charge on any atom is 0.0942 e. The summed E-state index contributed by atoms with van der Waals surface area (Å²) in [5.41, 5.74) is 2.31. The van der Waals surface area contributed by atoms with Crippen LogP contribution in [0.3, 0.4) is 0 Å². The Morgan fingerprint density at radius 3 is 2.12 bits per heavy atom. The topological polar surface area (TPSA) is 32.3 Å². The molecular weight excluding hydrogens is 210 g/mol. The van der Waals surface area contributed by atoms with Crippen LogP contribution in [0.15, 0.2) is 24.3 Å². The highest BCUT2D eigenvalue weighted by molar-refractivity contribution is 5.25. The van der Waals surface area contributed by atoms with Crippen LogP contribution in [0.2, 0.25) is 0 Å². The van der Waals surface area contributed by atoms with Crippen LogP contribution in [0, 0.1) is 0 Å². The number of benzene rings is 1. The summed E-state index contributed by atoms with van der Waals surface area (Å²) in [5, 5.41) is 13.7. The summed E-state index contributed by atoms with van der Waals surface area (Å²) < 4.78 is 0. The van der Waals surface area contributed by atoms with Crippen molar-refractivity contribution in [2.24, 2.45) is 0 Å². The summed E-state index contributed by atoms with van der Waals surface area (Å²) in [5.74, 6) is 0. The van der Waals surface area contributed by atoms with Gasteiger partial charge in [-0.15, -0.1) is 0 Å². The molecule has 1 rings (SSSR count). The number of aryl methyl sites for hydroxylation is 1. The van der Waals surface area contributed by atoms with E-state index in [9.17, 15) is 5.11 Å². The van der Waals surface area contributed by atoms with Crippen LogP contribution in [-0.4, -0.2) is 17.2 Å². The molecule has 2 unspecified atom stereocenters. The molecule has 0 heterocycles. The van der Waals surface area contributed by atoms with Crippen molar-refractivity contribution in [3.8, 4) is 0 Å². The molecule has 0 saturated carbocycles. The van der Waals surface area contributed by atoms with Gasteiger partial charge in [-0.2, -0.15) is 0 Å². The molecule has 0 saturated heterocycles. The van der Waals surface area contributed by atoms with Crippen LogP contribution in [-0.2, 0) is 6.42 Å². The fourth-order valence-corrected chi connectivity index (χ4v) is 2.04. The van der Waals surface area contributed by atoms with E-state index >= 15 is 0 Å². The van der Waals surface area contributed by atoms with Gasteiger partial charge in [-0.3, -0.25) is 0 Å². The third-order valence-corrected chi connectivity index (χ3v) is 3.10. The Bertz CT molecular complexity index is 318. The molecule has 0 aliphatic heterocycles. The van der Waals surface area contributed by atoms with Crippen molar-refractivity contribution >= 4 is 0 Å². The smallest absolute Gasteiger partial charge is 0.0942 e. The largest absolute Gasteiger partial charge is 0.387 e. The third kappa shape index (κ3) is 4.14. The van der Waals surface area contributed by atoms with Gasteiger partial charge in [0, 0.05) is 12.1 Å². The van der Waals surface area contributed by atoms with Gasteiger partial charge in [-0.05, 0) is 24.0 Å². The van der Waals surface area contributed by atoms with Crippen molar-refractivity contribution in [1.29, 1.82) is 0 Å². The van der Waals surface area contributed by atoms with Gasteiger partial charge >= 0.3 is 0 Å². The zero-order valence-corrected chi connectivity index (χ0v) is 11.4. The highest BCUT2D eigenvalue weighted by Crippen LogP contribution is 2.20. The van der Waals surface area contributed by atoms with E-state index in [0.717, 1.165) is 18.4 Å². The lowest BCUT2D eigenvalue weighted by Gasteiger charge is -2.25. The Morgan fingerprint density at radius 1 is 1.12 bits per heavy atom. The molecule has 1 aromatic carbocycles. The lowest BCUT2D eigenvalue weighted by molar-refractivity contribution is 0.121. The molecule has 0 fully saturated rings. The van der Waals surface area contributed by atoms with Crippen LogP contribution < -0.4 is 5.32 Å². The SMILES string of the molecule is CCc1ccc(C(O)C(CC)NC(C)C)cc1. The van der Waals surface area contributed by atoms with Gasteiger partial charge < -0.3 is 10.4 Å². The van der Waals surface area contributed by atoms with Crippen molar-refractivity contribution in [3.63, 3.8) is 0 Å². The van der Waals surface area contributed by atoms with Crippen LogP contribution >= 0.6 is 0 Å². The Balaban J connectivity index is 2.74. The minimum absolute atomic E-state index is 0.127. The number of aliphatic hydroxyl groups is 1. The fourth-order valence-electron chi connectivity index (χ4n) is 2.04. The van der Waals surface area contributed by atoms with Crippen molar-refractivity contribution in [2.75, 3.05) is 0 Å². The van der Waals surface area contributed by atoms with Crippen LogP contribution in [0.1, 0.15) is 51.3 Å². The van der Waals surface area contributed by atoms with Gasteiger partial charge in [0.15, 0.2) is 0 Å². The third-order valence-electron chi connectivity index (χ3n) is 3.10. The second-order valence-corrected chi connectivity index (χ2v) is 4.88. The summed E-state index contributed by atoms with van der Waals surface area (Å²) in [4.78, 5) is 0. The van der Waals surface area contributed by atoms with Crippen molar-refractivity contribution < 1.29 is 5.11 Å². The van der Waals surface area contributed by atoms with E-state index in [1.807, 2.05) is 12.1 Å². The molecule has 0 bridgehead atoms. The quantitative estimate of drug-likeness (QED) is 0.794. The first-order valence-corrected chi connectivity index (χ1v) is 6.61. The first-order valence-electron chi connectivity index (χ1n) is 6.61. The molecular formula is C15H25NO. The van der Waals surface area contributed by atoms with Gasteiger partial charge in [0.25, 0.3) is 0 Å². The van der Waals surface area contributed by atoms with Crippen LogP contribution in [0.5, 0.6) is 0 Å². The highest BCUT2D eigenvalue weighted by atomic mass is 16.3. The molecule has 0 aromatic heterocycles. The van der Waals surface area contributed by atoms with E-state index in [-0.39, 0.29) is 6.04 Å². The van der Waals surface area contributed by atoms with Gasteiger partial charge in [0.2, 0.25) is 0 Å². The maximum atomic E-state index is 10.3. The molecule has 2 nitrogen and oxygen atoms in total. The average Bonchev–Trinajstić information content (AvgIpc) is 2.35. The first-order chi connectivity index (χ1) is 8.08. The van der Waals surface area contributed by atoms with E-state index in [4.69, 9.17) is 0 Å². The van der Waals surface area contributed by atoms with Crippen molar-refractivity contribution in [2.45, 2.75) is 58.7 Å². The van der Waals surface area contributed by atoms with Crippen LogP contribution in [0.25, 0.3) is 0 Å². The predicted octanol–water partition coefficient (Wildman–Crippen LogP) is 3.06. The Morgan fingerprint density at radius 2 is 1.71 bits per heavy atom. The Hall–Kier alpha value is -0.860. The van der Waals surface area contributed by atoms with E-state index in [2.05, 4.69) is 45.1 Å². The molecule has 2 heteroatoms. The van der Waals surface area contributed by atoms with E-state index in [0.29, 0.717) is 6.04 Å². The predicted molar refractivity (Wildman–Crippen MR) is 73.1 cm³/mol. The van der Waals surface area contributed by atoms with Gasteiger partial charge in [0.05, 0.1) is 6.10 Å². The molecule has 17 heavy (non-hydrogen) atoms. The summed E-state index contributed by atoms with van der Waals surface area (Å²) in [6, 6.07) is 8.79. The van der Waals surface area contributed by atoms with Gasteiger partial charge in [-0.1, -0.05) is 52.0 Å². The molecule has 0 aliphatic rings.